The van der Waals surface area contributed by atoms with Crippen LogP contribution in [-0.2, 0) is 16.1 Å². The quantitative estimate of drug-likeness (QED) is 0.718. The van der Waals surface area contributed by atoms with Crippen LogP contribution in [0.3, 0.4) is 0 Å². The first kappa shape index (κ1) is 19.3. The van der Waals surface area contributed by atoms with E-state index >= 15 is 0 Å². The van der Waals surface area contributed by atoms with Crippen molar-refractivity contribution in [2.75, 3.05) is 13.7 Å². The van der Waals surface area contributed by atoms with Crippen LogP contribution >= 0.6 is 11.6 Å². The van der Waals surface area contributed by atoms with Gasteiger partial charge < -0.3 is 20.5 Å². The molecule has 2 amide bonds. The minimum atomic E-state index is -0.700. The molecule has 26 heavy (non-hydrogen) atoms. The van der Waals surface area contributed by atoms with Crippen LogP contribution in [0.1, 0.15) is 26.3 Å². The summed E-state index contributed by atoms with van der Waals surface area (Å²) in [6.45, 7) is -0.0326. The maximum Gasteiger partial charge on any atom is 0.337 e. The van der Waals surface area contributed by atoms with Gasteiger partial charge in [-0.2, -0.15) is 0 Å². The van der Waals surface area contributed by atoms with Crippen molar-refractivity contribution in [2.24, 2.45) is 5.73 Å². The number of ether oxygens (including phenoxy) is 2. The molecule has 0 atom stereocenters. The Hall–Kier alpha value is -3.06. The maximum atomic E-state index is 11.9. The fraction of sp³-hybridized carbons (Fsp3) is 0.167. The van der Waals surface area contributed by atoms with E-state index in [-0.39, 0.29) is 30.4 Å². The molecule has 3 N–H and O–H groups in total. The fourth-order valence-corrected chi connectivity index (χ4v) is 2.26. The molecule has 0 aliphatic carbocycles. The normalized spacial score (nSPS) is 10.1. The highest BCUT2D eigenvalue weighted by molar-refractivity contribution is 6.31. The minimum absolute atomic E-state index is 0.101. The zero-order valence-electron chi connectivity index (χ0n) is 14.0. The average molecular weight is 377 g/mol. The lowest BCUT2D eigenvalue weighted by Crippen LogP contribution is -2.28. The van der Waals surface area contributed by atoms with Gasteiger partial charge in [0.15, 0.2) is 6.61 Å². The number of hydrogen-bond acceptors (Lipinski definition) is 5. The first-order valence-corrected chi connectivity index (χ1v) is 7.94. The van der Waals surface area contributed by atoms with E-state index in [0.29, 0.717) is 10.6 Å². The molecule has 0 spiro atoms. The Morgan fingerprint density at radius 3 is 2.42 bits per heavy atom. The van der Waals surface area contributed by atoms with Gasteiger partial charge in [-0.15, -0.1) is 0 Å². The van der Waals surface area contributed by atoms with Crippen molar-refractivity contribution in [1.82, 2.24) is 5.32 Å². The molecule has 2 aromatic carbocycles. The van der Waals surface area contributed by atoms with Crippen LogP contribution in [0.5, 0.6) is 5.75 Å². The molecule has 0 radical (unpaired) electrons. The molecule has 0 aromatic heterocycles. The molecule has 2 rings (SSSR count). The molecule has 0 bridgehead atoms. The van der Waals surface area contributed by atoms with Gasteiger partial charge in [0.05, 0.1) is 18.2 Å². The predicted octanol–water partition coefficient (Wildman–Crippen LogP) is 1.92. The topological polar surface area (TPSA) is 108 Å². The molecule has 0 heterocycles. The predicted molar refractivity (Wildman–Crippen MR) is 95.1 cm³/mol. The Labute approximate surface area is 155 Å². The molecule has 0 saturated heterocycles. The van der Waals surface area contributed by atoms with Crippen molar-refractivity contribution in [3.63, 3.8) is 0 Å². The van der Waals surface area contributed by atoms with Gasteiger partial charge in [0, 0.05) is 11.6 Å². The van der Waals surface area contributed by atoms with Gasteiger partial charge in [-0.05, 0) is 35.9 Å². The second-order valence-electron chi connectivity index (χ2n) is 5.26. The van der Waals surface area contributed by atoms with Gasteiger partial charge in [-0.25, -0.2) is 4.79 Å². The molecule has 0 fully saturated rings. The standard InChI is InChI=1S/C18H17ClN2O5/c1-25-18(24)12-4-2-11(3-5-12)9-21-16(22)10-26-15-7-6-13(19)8-14(15)17(20)23/h2-8H,9-10H2,1H3,(H2,20,23)(H,21,22). The summed E-state index contributed by atoms with van der Waals surface area (Å²) in [4.78, 5) is 34.6. The Morgan fingerprint density at radius 1 is 1.12 bits per heavy atom. The number of benzene rings is 2. The molecule has 0 aliphatic rings. The zero-order chi connectivity index (χ0) is 19.1. The summed E-state index contributed by atoms with van der Waals surface area (Å²) >= 11 is 5.81. The monoisotopic (exact) mass is 376 g/mol. The molecule has 0 unspecified atom stereocenters. The SMILES string of the molecule is COC(=O)c1ccc(CNC(=O)COc2ccc(Cl)cc2C(N)=O)cc1. The van der Waals surface area contributed by atoms with Gasteiger partial charge in [-0.1, -0.05) is 23.7 Å². The lowest BCUT2D eigenvalue weighted by molar-refractivity contribution is -0.123. The van der Waals surface area contributed by atoms with Crippen molar-refractivity contribution in [1.29, 1.82) is 0 Å². The number of methoxy groups -OCH3 is 1. The molecule has 0 saturated carbocycles. The smallest absolute Gasteiger partial charge is 0.337 e. The van der Waals surface area contributed by atoms with E-state index in [1.54, 1.807) is 24.3 Å². The Kier molecular flexibility index (Phi) is 6.57. The number of rotatable bonds is 7. The Morgan fingerprint density at radius 2 is 1.81 bits per heavy atom. The van der Waals surface area contributed by atoms with Crippen LogP contribution < -0.4 is 15.8 Å². The van der Waals surface area contributed by atoms with E-state index < -0.39 is 11.9 Å². The highest BCUT2D eigenvalue weighted by Crippen LogP contribution is 2.22. The lowest BCUT2D eigenvalue weighted by atomic mass is 10.1. The third kappa shape index (κ3) is 5.22. The van der Waals surface area contributed by atoms with Crippen LogP contribution in [0, 0.1) is 0 Å². The number of carbonyl (C=O) groups excluding carboxylic acids is 3. The van der Waals surface area contributed by atoms with Crippen LogP contribution in [0.2, 0.25) is 5.02 Å². The van der Waals surface area contributed by atoms with Crippen molar-refractivity contribution in [2.45, 2.75) is 6.54 Å². The number of halogens is 1. The van der Waals surface area contributed by atoms with Gasteiger partial charge in [-0.3, -0.25) is 9.59 Å². The summed E-state index contributed by atoms with van der Waals surface area (Å²) in [5.74, 6) is -1.33. The molecular formula is C18H17ClN2O5. The van der Waals surface area contributed by atoms with E-state index in [0.717, 1.165) is 5.56 Å². The summed E-state index contributed by atoms with van der Waals surface area (Å²) in [6.07, 6.45) is 0. The molecule has 7 nitrogen and oxygen atoms in total. The number of hydrogen-bond donors (Lipinski definition) is 2. The summed E-state index contributed by atoms with van der Waals surface area (Å²) in [5, 5.41) is 3.01. The van der Waals surface area contributed by atoms with Gasteiger partial charge >= 0.3 is 5.97 Å². The molecule has 136 valence electrons. The third-order valence-corrected chi connectivity index (χ3v) is 3.67. The minimum Gasteiger partial charge on any atom is -0.483 e. The number of nitrogens with one attached hydrogen (secondary N) is 1. The van der Waals surface area contributed by atoms with E-state index in [2.05, 4.69) is 10.1 Å². The number of amides is 2. The maximum absolute atomic E-state index is 11.9. The summed E-state index contributed by atoms with van der Waals surface area (Å²) in [6, 6.07) is 11.0. The molecular weight excluding hydrogens is 360 g/mol. The van der Waals surface area contributed by atoms with Gasteiger partial charge in [0.25, 0.3) is 11.8 Å². The Balaban J connectivity index is 1.88. The second-order valence-corrected chi connectivity index (χ2v) is 5.70. The van der Waals surface area contributed by atoms with E-state index in [9.17, 15) is 14.4 Å². The van der Waals surface area contributed by atoms with Crippen LogP contribution in [0.15, 0.2) is 42.5 Å². The first-order chi connectivity index (χ1) is 12.4. The molecule has 0 aliphatic heterocycles. The lowest BCUT2D eigenvalue weighted by Gasteiger charge is -2.10. The largest absolute Gasteiger partial charge is 0.483 e. The third-order valence-electron chi connectivity index (χ3n) is 3.43. The fourth-order valence-electron chi connectivity index (χ4n) is 2.09. The number of nitrogens with two attached hydrogens (primary N) is 1. The molecule has 2 aromatic rings. The van der Waals surface area contributed by atoms with Crippen molar-refractivity contribution in [3.05, 3.63) is 64.2 Å². The van der Waals surface area contributed by atoms with E-state index in [4.69, 9.17) is 22.1 Å². The van der Waals surface area contributed by atoms with Gasteiger partial charge in [0.2, 0.25) is 0 Å². The van der Waals surface area contributed by atoms with Crippen molar-refractivity contribution >= 4 is 29.4 Å². The van der Waals surface area contributed by atoms with Crippen LogP contribution in [0.25, 0.3) is 0 Å². The summed E-state index contributed by atoms with van der Waals surface area (Å²) < 4.78 is 9.95. The number of primary amides is 1. The van der Waals surface area contributed by atoms with Crippen LogP contribution in [-0.4, -0.2) is 31.5 Å². The van der Waals surface area contributed by atoms with E-state index in [1.807, 2.05) is 0 Å². The van der Waals surface area contributed by atoms with Crippen molar-refractivity contribution in [3.8, 4) is 5.75 Å². The van der Waals surface area contributed by atoms with Crippen molar-refractivity contribution < 1.29 is 23.9 Å². The zero-order valence-corrected chi connectivity index (χ0v) is 14.7. The van der Waals surface area contributed by atoms with Crippen LogP contribution in [0.4, 0.5) is 0 Å². The first-order valence-electron chi connectivity index (χ1n) is 7.57. The summed E-state index contributed by atoms with van der Waals surface area (Å²) in [7, 11) is 1.31. The van der Waals surface area contributed by atoms with E-state index in [1.165, 1.54) is 25.3 Å². The number of carbonyl (C=O) groups is 3. The average Bonchev–Trinajstić information content (AvgIpc) is 2.65. The second kappa shape index (κ2) is 8.87. The summed E-state index contributed by atoms with van der Waals surface area (Å²) in [5.41, 5.74) is 6.58. The highest BCUT2D eigenvalue weighted by Gasteiger charge is 2.12. The molecule has 8 heteroatoms. The Bertz CT molecular complexity index is 821. The number of esters is 1. The highest BCUT2D eigenvalue weighted by atomic mass is 35.5. The van der Waals surface area contributed by atoms with Gasteiger partial charge in [0.1, 0.15) is 5.75 Å².